The molecule has 1 aromatic rings. The second-order valence-corrected chi connectivity index (χ2v) is 7.47. The van der Waals surface area contributed by atoms with Gasteiger partial charge in [-0.05, 0) is 57.4 Å². The van der Waals surface area contributed by atoms with Crippen molar-refractivity contribution in [2.24, 2.45) is 11.8 Å². The Morgan fingerprint density at radius 2 is 1.58 bits per heavy atom. The van der Waals surface area contributed by atoms with Crippen LogP contribution in [0.15, 0.2) is 24.3 Å². The summed E-state index contributed by atoms with van der Waals surface area (Å²) in [4.78, 5) is 24.8. The van der Waals surface area contributed by atoms with Crippen LogP contribution in [0.3, 0.4) is 0 Å². The van der Waals surface area contributed by atoms with E-state index in [1.165, 1.54) is 6.42 Å². The lowest BCUT2D eigenvalue weighted by molar-refractivity contribution is -0.121. The molecule has 2 amide bonds. The first-order valence-corrected chi connectivity index (χ1v) is 9.57. The van der Waals surface area contributed by atoms with E-state index in [1.807, 2.05) is 24.3 Å². The van der Waals surface area contributed by atoms with Crippen LogP contribution < -0.4 is 16.0 Å². The van der Waals surface area contributed by atoms with E-state index < -0.39 is 0 Å². The molecule has 0 aromatic heterocycles. The molecule has 0 radical (unpaired) electrons. The minimum atomic E-state index is 0. The van der Waals surface area contributed by atoms with Gasteiger partial charge < -0.3 is 16.0 Å². The average molecular weight is 380 g/mol. The highest BCUT2D eigenvalue weighted by atomic mass is 35.5. The summed E-state index contributed by atoms with van der Waals surface area (Å²) in [6.07, 6.45) is 7.22. The van der Waals surface area contributed by atoms with Crippen LogP contribution in [0, 0.1) is 11.8 Å². The second kappa shape index (κ2) is 9.93. The van der Waals surface area contributed by atoms with Crippen molar-refractivity contribution in [3.05, 3.63) is 24.3 Å². The summed E-state index contributed by atoms with van der Waals surface area (Å²) in [5.74, 6) is 0.361. The largest absolute Gasteiger partial charge is 0.326 e. The fraction of sp³-hybridized carbons (Fsp3) is 0.600. The van der Waals surface area contributed by atoms with Gasteiger partial charge in [0, 0.05) is 29.3 Å². The van der Waals surface area contributed by atoms with Gasteiger partial charge >= 0.3 is 0 Å². The number of benzene rings is 1. The van der Waals surface area contributed by atoms with Crippen molar-refractivity contribution in [2.45, 2.75) is 57.9 Å². The Labute approximate surface area is 162 Å². The van der Waals surface area contributed by atoms with Gasteiger partial charge in [0.2, 0.25) is 11.8 Å². The Balaban J connectivity index is 0.00000243. The van der Waals surface area contributed by atoms with Crippen molar-refractivity contribution in [2.75, 3.05) is 17.2 Å². The van der Waals surface area contributed by atoms with E-state index in [0.717, 1.165) is 56.4 Å². The third-order valence-corrected chi connectivity index (χ3v) is 5.37. The van der Waals surface area contributed by atoms with Crippen LogP contribution >= 0.6 is 12.4 Å². The molecule has 3 rings (SSSR count). The van der Waals surface area contributed by atoms with Crippen molar-refractivity contribution >= 4 is 35.6 Å². The standard InChI is InChI=1S/C20H29N3O2.ClH/c1-14-12-16(10-11-21-14)20(25)23-18-9-5-8-17(13-18)22-19(24)15-6-3-2-4-7-15;/h5,8-9,13-16,21H,2-4,6-7,10-12H2,1H3,(H,22,24)(H,23,25);1H/t14-,16-;/m0./s1. The van der Waals surface area contributed by atoms with Gasteiger partial charge in [0.05, 0.1) is 0 Å². The van der Waals surface area contributed by atoms with Crippen LogP contribution in [-0.4, -0.2) is 24.4 Å². The van der Waals surface area contributed by atoms with Crippen molar-refractivity contribution in [1.29, 1.82) is 0 Å². The van der Waals surface area contributed by atoms with Gasteiger partial charge in [-0.2, -0.15) is 0 Å². The van der Waals surface area contributed by atoms with Gasteiger partial charge in [-0.1, -0.05) is 25.3 Å². The summed E-state index contributed by atoms with van der Waals surface area (Å²) in [7, 11) is 0. The van der Waals surface area contributed by atoms with Gasteiger partial charge in [0.25, 0.3) is 0 Å². The molecule has 2 atom stereocenters. The maximum atomic E-state index is 12.5. The number of anilines is 2. The lowest BCUT2D eigenvalue weighted by atomic mass is 9.88. The number of rotatable bonds is 4. The summed E-state index contributed by atoms with van der Waals surface area (Å²) in [5, 5.41) is 9.38. The fourth-order valence-corrected chi connectivity index (χ4v) is 3.90. The SMILES string of the molecule is C[C@H]1C[C@@H](C(=O)Nc2cccc(NC(=O)C3CCCCC3)c2)CCN1.Cl. The highest BCUT2D eigenvalue weighted by Gasteiger charge is 2.25. The number of carbonyl (C=O) groups excluding carboxylic acids is 2. The average Bonchev–Trinajstić information content (AvgIpc) is 2.63. The maximum Gasteiger partial charge on any atom is 0.227 e. The quantitative estimate of drug-likeness (QED) is 0.741. The first-order chi connectivity index (χ1) is 12.1. The van der Waals surface area contributed by atoms with Crippen molar-refractivity contribution < 1.29 is 9.59 Å². The molecule has 0 unspecified atom stereocenters. The molecule has 0 spiro atoms. The van der Waals surface area contributed by atoms with E-state index in [4.69, 9.17) is 0 Å². The normalized spacial score (nSPS) is 23.6. The summed E-state index contributed by atoms with van der Waals surface area (Å²) >= 11 is 0. The van der Waals surface area contributed by atoms with Crippen LogP contribution in [-0.2, 0) is 9.59 Å². The highest BCUT2D eigenvalue weighted by Crippen LogP contribution is 2.26. The molecule has 5 nitrogen and oxygen atoms in total. The monoisotopic (exact) mass is 379 g/mol. The van der Waals surface area contributed by atoms with Gasteiger partial charge in [-0.25, -0.2) is 0 Å². The predicted octanol–water partition coefficient (Wildman–Crippen LogP) is 3.95. The summed E-state index contributed by atoms with van der Waals surface area (Å²) in [5.41, 5.74) is 1.50. The number of hydrogen-bond acceptors (Lipinski definition) is 3. The number of carbonyl (C=O) groups is 2. The number of hydrogen-bond donors (Lipinski definition) is 3. The fourth-order valence-electron chi connectivity index (χ4n) is 3.90. The van der Waals surface area contributed by atoms with Crippen molar-refractivity contribution in [3.63, 3.8) is 0 Å². The Morgan fingerprint density at radius 3 is 2.19 bits per heavy atom. The first-order valence-electron chi connectivity index (χ1n) is 9.57. The molecule has 26 heavy (non-hydrogen) atoms. The predicted molar refractivity (Wildman–Crippen MR) is 108 cm³/mol. The molecule has 2 fully saturated rings. The van der Waals surface area contributed by atoms with E-state index in [-0.39, 0.29) is 36.1 Å². The first kappa shape index (κ1) is 20.7. The Kier molecular flexibility index (Phi) is 7.91. The topological polar surface area (TPSA) is 70.2 Å². The Hall–Kier alpha value is -1.59. The molecule has 6 heteroatoms. The number of piperidine rings is 1. The van der Waals surface area contributed by atoms with Gasteiger partial charge in [0.1, 0.15) is 0 Å². The van der Waals surface area contributed by atoms with E-state index in [0.29, 0.717) is 6.04 Å². The van der Waals surface area contributed by atoms with E-state index in [2.05, 4.69) is 22.9 Å². The molecule has 2 aliphatic rings. The zero-order valence-corrected chi connectivity index (χ0v) is 16.2. The van der Waals surface area contributed by atoms with Gasteiger partial charge in [0.15, 0.2) is 0 Å². The highest BCUT2D eigenvalue weighted by molar-refractivity contribution is 5.95. The second-order valence-electron chi connectivity index (χ2n) is 7.47. The molecule has 1 aliphatic carbocycles. The Morgan fingerprint density at radius 1 is 0.962 bits per heavy atom. The molecule has 1 heterocycles. The van der Waals surface area contributed by atoms with E-state index >= 15 is 0 Å². The van der Waals surface area contributed by atoms with Crippen LogP contribution in [0.5, 0.6) is 0 Å². The third-order valence-electron chi connectivity index (χ3n) is 5.37. The van der Waals surface area contributed by atoms with Crippen LogP contribution in [0.1, 0.15) is 51.9 Å². The van der Waals surface area contributed by atoms with Crippen molar-refractivity contribution in [3.8, 4) is 0 Å². The minimum Gasteiger partial charge on any atom is -0.326 e. The molecule has 1 saturated carbocycles. The molecule has 3 N–H and O–H groups in total. The molecule has 144 valence electrons. The van der Waals surface area contributed by atoms with Gasteiger partial charge in [-0.15, -0.1) is 12.4 Å². The number of amides is 2. The number of nitrogens with one attached hydrogen (secondary N) is 3. The molecule has 1 aromatic carbocycles. The van der Waals surface area contributed by atoms with E-state index in [1.54, 1.807) is 0 Å². The van der Waals surface area contributed by atoms with Crippen molar-refractivity contribution in [1.82, 2.24) is 5.32 Å². The third kappa shape index (κ3) is 5.71. The zero-order chi connectivity index (χ0) is 17.6. The molecule has 0 bridgehead atoms. The maximum absolute atomic E-state index is 12.5. The molecular formula is C20H30ClN3O2. The lowest BCUT2D eigenvalue weighted by Crippen LogP contribution is -2.40. The summed E-state index contributed by atoms with van der Waals surface area (Å²) in [6, 6.07) is 7.85. The summed E-state index contributed by atoms with van der Waals surface area (Å²) in [6.45, 7) is 3.00. The van der Waals surface area contributed by atoms with Crippen LogP contribution in [0.2, 0.25) is 0 Å². The van der Waals surface area contributed by atoms with Gasteiger partial charge in [-0.3, -0.25) is 9.59 Å². The van der Waals surface area contributed by atoms with Crippen LogP contribution in [0.25, 0.3) is 0 Å². The zero-order valence-electron chi connectivity index (χ0n) is 15.4. The number of halogens is 1. The lowest BCUT2D eigenvalue weighted by Gasteiger charge is -2.27. The smallest absolute Gasteiger partial charge is 0.227 e. The van der Waals surface area contributed by atoms with E-state index in [9.17, 15) is 9.59 Å². The Bertz CT molecular complexity index is 617. The summed E-state index contributed by atoms with van der Waals surface area (Å²) < 4.78 is 0. The molecular weight excluding hydrogens is 350 g/mol. The van der Waals surface area contributed by atoms with Crippen LogP contribution in [0.4, 0.5) is 11.4 Å². The minimum absolute atomic E-state index is 0. The molecule has 1 aliphatic heterocycles. The molecule has 1 saturated heterocycles.